The van der Waals surface area contributed by atoms with E-state index >= 15 is 0 Å². The number of β-amino-alcohol motifs (C(OH)–C–C–N with tert-alkyl or cyclic N) is 1. The summed E-state index contributed by atoms with van der Waals surface area (Å²) in [5.74, 6) is 0. The molecule has 2 rings (SSSR count). The van der Waals surface area contributed by atoms with Crippen molar-refractivity contribution in [2.24, 2.45) is 0 Å². The summed E-state index contributed by atoms with van der Waals surface area (Å²) in [6, 6.07) is 3.96. The Morgan fingerprint density at radius 2 is 2.50 bits per heavy atom. The number of hydrogen-bond acceptors (Lipinski definition) is 3. The first-order valence-corrected chi connectivity index (χ1v) is 5.03. The lowest BCUT2D eigenvalue weighted by atomic mass is 9.95. The van der Waals surface area contributed by atoms with Gasteiger partial charge in [0, 0.05) is 24.9 Å². The van der Waals surface area contributed by atoms with E-state index in [2.05, 4.69) is 10.3 Å². The van der Waals surface area contributed by atoms with E-state index in [4.69, 9.17) is 0 Å². The van der Waals surface area contributed by atoms with Crippen LogP contribution in [0.1, 0.15) is 17.7 Å². The molecule has 0 aliphatic carbocycles. The van der Waals surface area contributed by atoms with Crippen molar-refractivity contribution in [1.29, 1.82) is 0 Å². The zero-order valence-corrected chi connectivity index (χ0v) is 8.45. The highest BCUT2D eigenvalue weighted by Gasteiger charge is 2.31. The molecule has 2 N–H and O–H groups in total. The van der Waals surface area contributed by atoms with Crippen LogP contribution in [0.15, 0.2) is 18.3 Å². The minimum absolute atomic E-state index is 0.584. The van der Waals surface area contributed by atoms with E-state index in [1.165, 1.54) is 0 Å². The zero-order chi connectivity index (χ0) is 10.0. The van der Waals surface area contributed by atoms with E-state index in [-0.39, 0.29) is 0 Å². The molecule has 1 aliphatic rings. The second-order valence-electron chi connectivity index (χ2n) is 4.09. The Bertz CT molecular complexity index is 319. The Hall–Kier alpha value is -0.930. The molecule has 2 heterocycles. The predicted molar refractivity (Wildman–Crippen MR) is 55.1 cm³/mol. The van der Waals surface area contributed by atoms with Crippen molar-refractivity contribution in [2.75, 3.05) is 13.1 Å². The highest BCUT2D eigenvalue weighted by atomic mass is 16.3. The van der Waals surface area contributed by atoms with E-state index in [1.807, 2.05) is 19.1 Å². The van der Waals surface area contributed by atoms with Crippen molar-refractivity contribution in [3.05, 3.63) is 29.6 Å². The van der Waals surface area contributed by atoms with Gasteiger partial charge in [0.15, 0.2) is 0 Å². The summed E-state index contributed by atoms with van der Waals surface area (Å²) >= 11 is 0. The number of pyridine rings is 1. The molecule has 1 fully saturated rings. The van der Waals surface area contributed by atoms with Gasteiger partial charge in [-0.25, -0.2) is 0 Å². The second kappa shape index (κ2) is 3.67. The quantitative estimate of drug-likeness (QED) is 0.723. The maximum atomic E-state index is 10.2. The molecule has 1 atom stereocenters. The Balaban J connectivity index is 2.14. The Kier molecular flexibility index (Phi) is 2.52. The lowest BCUT2D eigenvalue weighted by molar-refractivity contribution is 0.0607. The van der Waals surface area contributed by atoms with Crippen LogP contribution < -0.4 is 5.32 Å². The summed E-state index contributed by atoms with van der Waals surface area (Å²) in [6.07, 6.45) is 3.27. The maximum absolute atomic E-state index is 10.2. The fraction of sp³-hybridized carbons (Fsp3) is 0.545. The third-order valence-electron chi connectivity index (χ3n) is 2.84. The highest BCUT2D eigenvalue weighted by molar-refractivity contribution is 5.20. The molecule has 76 valence electrons. The molecule has 0 radical (unpaired) electrons. The van der Waals surface area contributed by atoms with Gasteiger partial charge >= 0.3 is 0 Å². The molecule has 1 aromatic heterocycles. The van der Waals surface area contributed by atoms with E-state index < -0.39 is 5.60 Å². The van der Waals surface area contributed by atoms with Gasteiger partial charge < -0.3 is 10.4 Å². The molecule has 0 saturated carbocycles. The third-order valence-corrected chi connectivity index (χ3v) is 2.84. The molecule has 1 aromatic rings. The number of aliphatic hydroxyl groups is 1. The van der Waals surface area contributed by atoms with Crippen LogP contribution in [0, 0.1) is 6.92 Å². The molecular weight excluding hydrogens is 176 g/mol. The first-order valence-electron chi connectivity index (χ1n) is 5.03. The molecule has 1 saturated heterocycles. The van der Waals surface area contributed by atoms with Gasteiger partial charge in [0.05, 0.1) is 5.60 Å². The first-order chi connectivity index (χ1) is 6.70. The van der Waals surface area contributed by atoms with Gasteiger partial charge in [0.25, 0.3) is 0 Å². The fourth-order valence-electron chi connectivity index (χ4n) is 1.90. The molecule has 3 heteroatoms. The summed E-state index contributed by atoms with van der Waals surface area (Å²) in [5, 5.41) is 13.3. The van der Waals surface area contributed by atoms with Crippen molar-refractivity contribution in [2.45, 2.75) is 25.4 Å². The predicted octanol–water partition coefficient (Wildman–Crippen LogP) is 0.657. The largest absolute Gasteiger partial charge is 0.388 e. The van der Waals surface area contributed by atoms with Gasteiger partial charge in [-0.1, -0.05) is 6.07 Å². The van der Waals surface area contributed by atoms with Crippen molar-refractivity contribution >= 4 is 0 Å². The third kappa shape index (κ3) is 1.94. The fourth-order valence-corrected chi connectivity index (χ4v) is 1.90. The van der Waals surface area contributed by atoms with Crippen molar-refractivity contribution in [1.82, 2.24) is 10.3 Å². The van der Waals surface area contributed by atoms with Crippen LogP contribution in [-0.4, -0.2) is 28.8 Å². The normalized spacial score (nSPS) is 26.7. The van der Waals surface area contributed by atoms with E-state index in [0.717, 1.165) is 24.2 Å². The number of nitrogens with zero attached hydrogens (tertiary/aromatic N) is 1. The van der Waals surface area contributed by atoms with Crippen molar-refractivity contribution in [3.63, 3.8) is 0 Å². The maximum Gasteiger partial charge on any atom is 0.0838 e. The van der Waals surface area contributed by atoms with E-state index in [9.17, 15) is 5.11 Å². The summed E-state index contributed by atoms with van der Waals surface area (Å²) < 4.78 is 0. The summed E-state index contributed by atoms with van der Waals surface area (Å²) in [7, 11) is 0. The summed E-state index contributed by atoms with van der Waals surface area (Å²) in [4.78, 5) is 4.30. The number of hydrogen-bond donors (Lipinski definition) is 2. The average Bonchev–Trinajstić information content (AvgIpc) is 2.57. The standard InChI is InChI=1S/C11H16N2O/c1-9-3-2-5-13-10(9)7-11(14)4-6-12-8-11/h2-3,5,12,14H,4,6-8H2,1H3. The lowest BCUT2D eigenvalue weighted by Crippen LogP contribution is -2.34. The van der Waals surface area contributed by atoms with Crippen molar-refractivity contribution in [3.8, 4) is 0 Å². The molecule has 1 aliphatic heterocycles. The van der Waals surface area contributed by atoms with Crippen LogP contribution >= 0.6 is 0 Å². The van der Waals surface area contributed by atoms with Crippen LogP contribution in [0.5, 0.6) is 0 Å². The van der Waals surface area contributed by atoms with Crippen molar-refractivity contribution < 1.29 is 5.11 Å². The van der Waals surface area contributed by atoms with Crippen LogP contribution in [0.4, 0.5) is 0 Å². The summed E-state index contributed by atoms with van der Waals surface area (Å²) in [6.45, 7) is 3.62. The van der Waals surface area contributed by atoms with Gasteiger partial charge in [-0.05, 0) is 31.5 Å². The molecule has 1 unspecified atom stereocenters. The Morgan fingerprint density at radius 3 is 3.14 bits per heavy atom. The van der Waals surface area contributed by atoms with Crippen LogP contribution in [0.25, 0.3) is 0 Å². The number of aromatic nitrogens is 1. The molecule has 3 nitrogen and oxygen atoms in total. The van der Waals surface area contributed by atoms with Gasteiger partial charge in [-0.15, -0.1) is 0 Å². The molecule has 14 heavy (non-hydrogen) atoms. The monoisotopic (exact) mass is 192 g/mol. The van der Waals surface area contributed by atoms with Gasteiger partial charge in [0.1, 0.15) is 0 Å². The van der Waals surface area contributed by atoms with E-state index in [0.29, 0.717) is 13.0 Å². The second-order valence-corrected chi connectivity index (χ2v) is 4.09. The van der Waals surface area contributed by atoms with Crippen LogP contribution in [0.2, 0.25) is 0 Å². The number of aryl methyl sites for hydroxylation is 1. The minimum Gasteiger partial charge on any atom is -0.388 e. The molecule has 0 spiro atoms. The Morgan fingerprint density at radius 1 is 1.64 bits per heavy atom. The minimum atomic E-state index is -0.584. The average molecular weight is 192 g/mol. The lowest BCUT2D eigenvalue weighted by Gasteiger charge is -2.21. The number of rotatable bonds is 2. The Labute approximate surface area is 84.2 Å². The number of nitrogens with one attached hydrogen (secondary N) is 1. The molecule has 0 amide bonds. The highest BCUT2D eigenvalue weighted by Crippen LogP contribution is 2.20. The SMILES string of the molecule is Cc1cccnc1CC1(O)CCNC1. The van der Waals surface area contributed by atoms with E-state index in [1.54, 1.807) is 6.20 Å². The first kappa shape index (κ1) is 9.62. The molecular formula is C11H16N2O. The molecule has 0 aromatic carbocycles. The van der Waals surface area contributed by atoms with Crippen LogP contribution in [0.3, 0.4) is 0 Å². The smallest absolute Gasteiger partial charge is 0.0838 e. The van der Waals surface area contributed by atoms with Crippen LogP contribution in [-0.2, 0) is 6.42 Å². The van der Waals surface area contributed by atoms with Gasteiger partial charge in [-0.2, -0.15) is 0 Å². The van der Waals surface area contributed by atoms with Gasteiger partial charge in [0.2, 0.25) is 0 Å². The van der Waals surface area contributed by atoms with Gasteiger partial charge in [-0.3, -0.25) is 4.98 Å². The zero-order valence-electron chi connectivity index (χ0n) is 8.45. The topological polar surface area (TPSA) is 45.2 Å². The molecule has 0 bridgehead atoms. The summed E-state index contributed by atoms with van der Waals surface area (Å²) in [5.41, 5.74) is 1.59.